The number of hydroxylamine groups is 1. The number of aromatic nitrogens is 2. The second-order valence-electron chi connectivity index (χ2n) is 4.56. The lowest BCUT2D eigenvalue weighted by molar-refractivity contribution is -0.134. The fourth-order valence-electron chi connectivity index (χ4n) is 2.02. The van der Waals surface area contributed by atoms with E-state index in [4.69, 9.17) is 10.9 Å². The third kappa shape index (κ3) is 3.58. The van der Waals surface area contributed by atoms with Crippen LogP contribution in [0.15, 0.2) is 18.2 Å². The van der Waals surface area contributed by atoms with Crippen molar-refractivity contribution in [2.24, 2.45) is 0 Å². The molecule has 1 amide bonds. The number of amides is 1. The zero-order valence-electron chi connectivity index (χ0n) is 11.3. The van der Waals surface area contributed by atoms with Gasteiger partial charge in [0.25, 0.3) is 5.91 Å². The van der Waals surface area contributed by atoms with Gasteiger partial charge in [0.2, 0.25) is 0 Å². The fraction of sp³-hybridized carbons (Fsp3) is 0.333. The SMILES string of the molecule is Nc1cccc2nc(NCC(=O)NO)c(CCC(F)(F)F)n12. The Morgan fingerprint density at radius 3 is 2.77 bits per heavy atom. The number of carbonyl (C=O) groups excluding carboxylic acids is 1. The normalized spacial score (nSPS) is 11.6. The molecule has 5 N–H and O–H groups in total. The molecule has 7 nitrogen and oxygen atoms in total. The number of hydrogen-bond donors (Lipinski definition) is 4. The Bertz CT molecular complexity index is 683. The number of nitrogens with two attached hydrogens (primary N) is 1. The van der Waals surface area contributed by atoms with Crippen molar-refractivity contribution in [1.82, 2.24) is 14.9 Å². The van der Waals surface area contributed by atoms with Gasteiger partial charge in [0.05, 0.1) is 12.2 Å². The summed E-state index contributed by atoms with van der Waals surface area (Å²) < 4.78 is 38.8. The highest BCUT2D eigenvalue weighted by molar-refractivity contribution is 5.79. The molecule has 10 heteroatoms. The first kappa shape index (κ1) is 15.9. The smallest absolute Gasteiger partial charge is 0.385 e. The molecular formula is C12H14F3N5O2. The number of carbonyl (C=O) groups is 1. The van der Waals surface area contributed by atoms with Crippen molar-refractivity contribution in [3.63, 3.8) is 0 Å². The maximum atomic E-state index is 12.5. The molecule has 0 bridgehead atoms. The molecule has 0 aromatic carbocycles. The molecular weight excluding hydrogens is 303 g/mol. The van der Waals surface area contributed by atoms with Crippen LogP contribution in [-0.4, -0.2) is 33.2 Å². The monoisotopic (exact) mass is 317 g/mol. The van der Waals surface area contributed by atoms with Crippen molar-refractivity contribution < 1.29 is 23.2 Å². The molecule has 0 fully saturated rings. The number of fused-ring (bicyclic) bond motifs is 1. The first-order valence-corrected chi connectivity index (χ1v) is 6.31. The molecule has 0 unspecified atom stereocenters. The van der Waals surface area contributed by atoms with Gasteiger partial charge in [-0.15, -0.1) is 0 Å². The van der Waals surface area contributed by atoms with Crippen LogP contribution in [0.4, 0.5) is 24.8 Å². The molecule has 0 aliphatic heterocycles. The zero-order valence-corrected chi connectivity index (χ0v) is 11.3. The molecule has 2 aromatic heterocycles. The summed E-state index contributed by atoms with van der Waals surface area (Å²) >= 11 is 0. The van der Waals surface area contributed by atoms with Crippen LogP contribution in [0, 0.1) is 0 Å². The van der Waals surface area contributed by atoms with Gasteiger partial charge in [-0.2, -0.15) is 13.2 Å². The highest BCUT2D eigenvalue weighted by Crippen LogP contribution is 2.27. The van der Waals surface area contributed by atoms with Crippen LogP contribution in [0.1, 0.15) is 12.1 Å². The number of nitrogens with zero attached hydrogens (tertiary/aromatic N) is 2. The quantitative estimate of drug-likeness (QED) is 0.492. The van der Waals surface area contributed by atoms with E-state index in [9.17, 15) is 18.0 Å². The van der Waals surface area contributed by atoms with Crippen molar-refractivity contribution in [3.05, 3.63) is 23.9 Å². The van der Waals surface area contributed by atoms with Crippen LogP contribution in [0.25, 0.3) is 5.65 Å². The summed E-state index contributed by atoms with van der Waals surface area (Å²) in [6, 6.07) is 4.75. The van der Waals surface area contributed by atoms with Crippen molar-refractivity contribution in [2.75, 3.05) is 17.6 Å². The Kier molecular flexibility index (Phi) is 4.40. The number of nitrogen functional groups attached to an aromatic ring is 1. The molecule has 0 aliphatic carbocycles. The molecule has 120 valence electrons. The number of alkyl halides is 3. The maximum absolute atomic E-state index is 12.5. The van der Waals surface area contributed by atoms with E-state index in [1.54, 1.807) is 12.1 Å². The van der Waals surface area contributed by atoms with E-state index in [-0.39, 0.29) is 30.3 Å². The predicted octanol–water partition coefficient (Wildman–Crippen LogP) is 1.33. The van der Waals surface area contributed by atoms with Crippen molar-refractivity contribution in [2.45, 2.75) is 19.0 Å². The summed E-state index contributed by atoms with van der Waals surface area (Å²) in [6.45, 7) is -0.334. The standard InChI is InChI=1S/C12H14F3N5O2/c13-12(14,15)5-4-7-11(17-6-10(21)19-22)18-9-3-1-2-8(16)20(7)9/h1-3,17,22H,4-6,16H2,(H,19,21). The Morgan fingerprint density at radius 1 is 1.41 bits per heavy atom. The van der Waals surface area contributed by atoms with Gasteiger partial charge in [0.1, 0.15) is 17.3 Å². The van der Waals surface area contributed by atoms with E-state index in [1.807, 2.05) is 0 Å². The number of pyridine rings is 1. The number of imidazole rings is 1. The number of aryl methyl sites for hydroxylation is 1. The average molecular weight is 317 g/mol. The summed E-state index contributed by atoms with van der Waals surface area (Å²) in [5.74, 6) is -0.389. The second kappa shape index (κ2) is 6.10. The minimum Gasteiger partial charge on any atom is -0.385 e. The Labute approximate surface area is 122 Å². The van der Waals surface area contributed by atoms with Crippen LogP contribution in [-0.2, 0) is 11.2 Å². The number of hydrogen-bond acceptors (Lipinski definition) is 5. The Morgan fingerprint density at radius 2 is 2.14 bits per heavy atom. The molecule has 0 aliphatic rings. The number of halogens is 3. The summed E-state index contributed by atoms with van der Waals surface area (Å²) in [6.07, 6.45) is -5.72. The van der Waals surface area contributed by atoms with Crippen LogP contribution >= 0.6 is 0 Å². The molecule has 0 radical (unpaired) electrons. The average Bonchev–Trinajstić information content (AvgIpc) is 2.81. The molecule has 0 spiro atoms. The van der Waals surface area contributed by atoms with Crippen LogP contribution in [0.3, 0.4) is 0 Å². The van der Waals surface area contributed by atoms with E-state index in [2.05, 4.69) is 10.3 Å². The summed E-state index contributed by atoms with van der Waals surface area (Å²) in [7, 11) is 0. The lowest BCUT2D eigenvalue weighted by Gasteiger charge is -2.10. The second-order valence-corrected chi connectivity index (χ2v) is 4.56. The van der Waals surface area contributed by atoms with Crippen molar-refractivity contribution >= 4 is 23.2 Å². The molecule has 22 heavy (non-hydrogen) atoms. The molecule has 2 rings (SSSR count). The summed E-state index contributed by atoms with van der Waals surface area (Å²) in [5, 5.41) is 11.0. The number of nitrogens with one attached hydrogen (secondary N) is 2. The van der Waals surface area contributed by atoms with E-state index in [0.717, 1.165) is 0 Å². The van der Waals surface area contributed by atoms with Crippen LogP contribution < -0.4 is 16.5 Å². The van der Waals surface area contributed by atoms with E-state index < -0.39 is 18.5 Å². The first-order chi connectivity index (χ1) is 10.3. The third-order valence-corrected chi connectivity index (χ3v) is 2.96. The largest absolute Gasteiger partial charge is 0.389 e. The lowest BCUT2D eigenvalue weighted by atomic mass is 10.2. The number of rotatable bonds is 5. The van der Waals surface area contributed by atoms with Crippen molar-refractivity contribution in [1.29, 1.82) is 0 Å². The van der Waals surface area contributed by atoms with Gasteiger partial charge in [-0.3, -0.25) is 14.4 Å². The third-order valence-electron chi connectivity index (χ3n) is 2.96. The summed E-state index contributed by atoms with van der Waals surface area (Å²) in [5.41, 5.74) is 7.79. The van der Waals surface area contributed by atoms with E-state index in [0.29, 0.717) is 5.65 Å². The minimum atomic E-state index is -4.33. The van der Waals surface area contributed by atoms with Gasteiger partial charge >= 0.3 is 6.18 Å². The van der Waals surface area contributed by atoms with Gasteiger partial charge < -0.3 is 11.1 Å². The Hall–Kier alpha value is -2.49. The predicted molar refractivity (Wildman–Crippen MR) is 72.4 cm³/mol. The highest BCUT2D eigenvalue weighted by atomic mass is 19.4. The number of anilines is 2. The topological polar surface area (TPSA) is 105 Å². The lowest BCUT2D eigenvalue weighted by Crippen LogP contribution is -2.27. The molecule has 0 saturated heterocycles. The molecule has 2 aromatic rings. The van der Waals surface area contributed by atoms with Crippen LogP contribution in [0.5, 0.6) is 0 Å². The fourth-order valence-corrected chi connectivity index (χ4v) is 2.02. The minimum absolute atomic E-state index is 0.116. The van der Waals surface area contributed by atoms with Gasteiger partial charge in [0.15, 0.2) is 0 Å². The molecule has 2 heterocycles. The zero-order chi connectivity index (χ0) is 16.3. The molecule has 0 atom stereocenters. The Balaban J connectivity index is 2.36. The van der Waals surface area contributed by atoms with E-state index in [1.165, 1.54) is 15.9 Å². The highest BCUT2D eigenvalue weighted by Gasteiger charge is 2.28. The molecule has 0 saturated carbocycles. The van der Waals surface area contributed by atoms with Gasteiger partial charge in [-0.1, -0.05) is 6.07 Å². The van der Waals surface area contributed by atoms with Gasteiger partial charge in [0, 0.05) is 12.8 Å². The van der Waals surface area contributed by atoms with Gasteiger partial charge in [-0.25, -0.2) is 10.5 Å². The van der Waals surface area contributed by atoms with E-state index >= 15 is 0 Å². The van der Waals surface area contributed by atoms with Gasteiger partial charge in [-0.05, 0) is 12.1 Å². The maximum Gasteiger partial charge on any atom is 0.389 e. The first-order valence-electron chi connectivity index (χ1n) is 6.31. The van der Waals surface area contributed by atoms with Crippen molar-refractivity contribution in [3.8, 4) is 0 Å². The summed E-state index contributed by atoms with van der Waals surface area (Å²) in [4.78, 5) is 15.2. The van der Waals surface area contributed by atoms with Crippen LogP contribution in [0.2, 0.25) is 0 Å².